The van der Waals surface area contributed by atoms with Crippen molar-refractivity contribution in [3.05, 3.63) is 78.4 Å². The number of hydrogen-bond acceptors (Lipinski definition) is 9. The van der Waals surface area contributed by atoms with Gasteiger partial charge in [0.05, 0.1) is 19.0 Å². The van der Waals surface area contributed by atoms with Crippen LogP contribution in [0.1, 0.15) is 23.8 Å². The monoisotopic (exact) mass is 533 g/mol. The fraction of sp³-hybridized carbons (Fsp3) is 0.296. The summed E-state index contributed by atoms with van der Waals surface area (Å²) in [6.07, 6.45) is 0.522. The van der Waals surface area contributed by atoms with Crippen molar-refractivity contribution in [1.29, 1.82) is 0 Å². The lowest BCUT2D eigenvalue weighted by Gasteiger charge is -2.15. The van der Waals surface area contributed by atoms with Gasteiger partial charge in [-0.25, -0.2) is 24.5 Å². The molecule has 1 aliphatic rings. The summed E-state index contributed by atoms with van der Waals surface area (Å²) >= 11 is 0. The molecule has 0 bridgehead atoms. The highest BCUT2D eigenvalue weighted by Crippen LogP contribution is 2.32. The predicted octanol–water partition coefficient (Wildman–Crippen LogP) is 2.06. The first-order chi connectivity index (χ1) is 18.9. The Morgan fingerprint density at radius 3 is 2.54 bits per heavy atom. The number of nitrogens with zero attached hydrogens (tertiary/aromatic N) is 4. The lowest BCUT2D eigenvalue weighted by Crippen LogP contribution is -2.42. The summed E-state index contributed by atoms with van der Waals surface area (Å²) in [5.41, 5.74) is 3.83. The molecule has 0 spiro atoms. The molecule has 0 unspecified atom stereocenters. The molecular weight excluding hydrogens is 506 g/mol. The van der Waals surface area contributed by atoms with E-state index in [1.165, 1.54) is 6.33 Å². The van der Waals surface area contributed by atoms with Gasteiger partial charge < -0.3 is 30.1 Å². The lowest BCUT2D eigenvalue weighted by atomic mass is 10.0. The van der Waals surface area contributed by atoms with Crippen LogP contribution < -0.4 is 5.32 Å². The molecule has 4 atom stereocenters. The summed E-state index contributed by atoms with van der Waals surface area (Å²) in [5.74, 6) is -1.18. The van der Waals surface area contributed by atoms with Gasteiger partial charge in [-0.3, -0.25) is 4.57 Å². The van der Waals surface area contributed by atoms with E-state index >= 15 is 0 Å². The van der Waals surface area contributed by atoms with Gasteiger partial charge in [0.1, 0.15) is 42.5 Å². The Morgan fingerprint density at radius 2 is 1.85 bits per heavy atom. The third kappa shape index (κ3) is 5.87. The molecule has 39 heavy (non-hydrogen) atoms. The van der Waals surface area contributed by atoms with E-state index in [-0.39, 0.29) is 19.6 Å². The molecular formula is C27H27N5O7. The highest BCUT2D eigenvalue weighted by atomic mass is 16.6. The molecule has 4 N–H and O–H groups in total. The van der Waals surface area contributed by atoms with E-state index in [9.17, 15) is 24.9 Å². The average molecular weight is 534 g/mol. The van der Waals surface area contributed by atoms with Crippen LogP contribution in [0.25, 0.3) is 22.4 Å². The van der Waals surface area contributed by atoms with Crippen LogP contribution in [0.2, 0.25) is 0 Å². The average Bonchev–Trinajstić information content (AvgIpc) is 3.55. The van der Waals surface area contributed by atoms with Crippen molar-refractivity contribution in [2.45, 2.75) is 43.9 Å². The second kappa shape index (κ2) is 11.6. The van der Waals surface area contributed by atoms with Gasteiger partial charge >= 0.3 is 12.1 Å². The summed E-state index contributed by atoms with van der Waals surface area (Å²) in [6, 6.07) is 15.0. The van der Waals surface area contributed by atoms with Gasteiger partial charge in [0.25, 0.3) is 0 Å². The molecule has 12 nitrogen and oxygen atoms in total. The van der Waals surface area contributed by atoms with Crippen molar-refractivity contribution in [2.24, 2.45) is 0 Å². The van der Waals surface area contributed by atoms with E-state index in [1.807, 2.05) is 18.2 Å². The van der Waals surface area contributed by atoms with E-state index in [4.69, 9.17) is 9.47 Å². The Labute approximate surface area is 222 Å². The van der Waals surface area contributed by atoms with Crippen molar-refractivity contribution in [1.82, 2.24) is 24.8 Å². The van der Waals surface area contributed by atoms with Gasteiger partial charge in [-0.05, 0) is 11.1 Å². The fourth-order valence-electron chi connectivity index (χ4n) is 4.47. The maximum Gasteiger partial charge on any atom is 0.408 e. The number of imidazole rings is 1. The molecule has 202 valence electrons. The molecule has 1 amide bonds. The fourth-order valence-corrected chi connectivity index (χ4v) is 4.47. The molecule has 0 saturated carbocycles. The molecule has 12 heteroatoms. The summed E-state index contributed by atoms with van der Waals surface area (Å²) in [4.78, 5) is 37.1. The number of benzene rings is 2. The van der Waals surface area contributed by atoms with E-state index in [0.29, 0.717) is 28.8 Å². The lowest BCUT2D eigenvalue weighted by molar-refractivity contribution is -0.139. The van der Waals surface area contributed by atoms with Gasteiger partial charge in [-0.15, -0.1) is 0 Å². The Bertz CT molecular complexity index is 1440. The first-order valence-electron chi connectivity index (χ1n) is 12.3. The van der Waals surface area contributed by atoms with Crippen LogP contribution in [0.15, 0.2) is 67.3 Å². The van der Waals surface area contributed by atoms with Crippen LogP contribution in [-0.2, 0) is 27.3 Å². The normalized spacial score (nSPS) is 19.6. The summed E-state index contributed by atoms with van der Waals surface area (Å²) in [7, 11) is 0. The number of aliphatic hydroxyl groups is 2. The standard InChI is InChI=1S/C27H27N5O7/c33-12-21-20(34)11-22(39-21)32-15-30-24-23(28-14-29-25(24)32)18-8-6-16(7-9-18)10-19(26(35)36)31-27(37)38-13-17-4-2-1-3-5-17/h1-9,14-15,19-22,33-34H,10-13H2,(H,31,37)(H,35,36)/t19-,20-,21+,22+/m0/s1. The van der Waals surface area contributed by atoms with Crippen LogP contribution in [0.3, 0.4) is 0 Å². The van der Waals surface area contributed by atoms with Gasteiger partial charge in [-0.1, -0.05) is 54.6 Å². The molecule has 0 aliphatic carbocycles. The SMILES string of the molecule is O=C(N[C@@H](Cc1ccc(-c2ncnc3c2ncn3[C@H]2C[C@H](O)[C@@H](CO)O2)cc1)C(=O)O)OCc1ccccc1. The van der Waals surface area contributed by atoms with E-state index < -0.39 is 36.5 Å². The van der Waals surface area contributed by atoms with Crippen molar-refractivity contribution < 1.29 is 34.4 Å². The Morgan fingerprint density at radius 1 is 1.08 bits per heavy atom. The maximum atomic E-state index is 12.2. The van der Waals surface area contributed by atoms with Gasteiger partial charge in [0, 0.05) is 18.4 Å². The zero-order valence-corrected chi connectivity index (χ0v) is 20.8. The molecule has 3 heterocycles. The smallest absolute Gasteiger partial charge is 0.408 e. The number of carbonyl (C=O) groups is 2. The van der Waals surface area contributed by atoms with Crippen molar-refractivity contribution in [2.75, 3.05) is 6.61 Å². The second-order valence-corrected chi connectivity index (χ2v) is 9.16. The Kier molecular flexibility index (Phi) is 7.77. The summed E-state index contributed by atoms with van der Waals surface area (Å²) in [5, 5.41) is 31.5. The molecule has 2 aromatic heterocycles. The number of fused-ring (bicyclic) bond motifs is 1. The number of aromatic nitrogens is 4. The van der Waals surface area contributed by atoms with E-state index in [0.717, 1.165) is 11.1 Å². The Hall–Kier alpha value is -4.39. The van der Waals surface area contributed by atoms with E-state index in [1.54, 1.807) is 47.3 Å². The van der Waals surface area contributed by atoms with E-state index in [2.05, 4.69) is 20.3 Å². The number of carboxylic acids is 1. The number of amides is 1. The maximum absolute atomic E-state index is 12.2. The molecule has 1 aliphatic heterocycles. The van der Waals surface area contributed by atoms with Crippen molar-refractivity contribution in [3.63, 3.8) is 0 Å². The number of carboxylic acid groups (broad SMARTS) is 1. The number of aliphatic carboxylic acids is 1. The third-order valence-electron chi connectivity index (χ3n) is 6.52. The van der Waals surface area contributed by atoms with Gasteiger partial charge in [0.15, 0.2) is 5.65 Å². The van der Waals surface area contributed by atoms with Crippen LogP contribution in [0, 0.1) is 0 Å². The summed E-state index contributed by atoms with van der Waals surface area (Å²) < 4.78 is 12.6. The molecule has 2 aromatic carbocycles. The number of alkyl carbamates (subject to hydrolysis) is 1. The molecule has 0 radical (unpaired) electrons. The first kappa shape index (κ1) is 26.2. The molecule has 1 fully saturated rings. The highest BCUT2D eigenvalue weighted by Gasteiger charge is 2.35. The number of nitrogens with one attached hydrogen (secondary N) is 1. The minimum absolute atomic E-state index is 0.0341. The van der Waals surface area contributed by atoms with Gasteiger partial charge in [0.2, 0.25) is 0 Å². The third-order valence-corrected chi connectivity index (χ3v) is 6.52. The Balaban J connectivity index is 1.27. The zero-order valence-electron chi connectivity index (χ0n) is 20.8. The molecule has 1 saturated heterocycles. The van der Waals surface area contributed by atoms with Crippen LogP contribution in [0.5, 0.6) is 0 Å². The minimum Gasteiger partial charge on any atom is -0.480 e. The minimum atomic E-state index is -1.18. The quantitative estimate of drug-likeness (QED) is 0.250. The van der Waals surface area contributed by atoms with Crippen LogP contribution in [-0.4, -0.2) is 71.8 Å². The number of carbonyl (C=O) groups excluding carboxylic acids is 1. The number of rotatable bonds is 9. The number of aliphatic hydroxyl groups excluding tert-OH is 2. The van der Waals surface area contributed by atoms with Crippen LogP contribution >= 0.6 is 0 Å². The predicted molar refractivity (Wildman–Crippen MR) is 137 cm³/mol. The topological polar surface area (TPSA) is 169 Å². The van der Waals surface area contributed by atoms with Gasteiger partial charge in [-0.2, -0.15) is 0 Å². The summed E-state index contributed by atoms with van der Waals surface area (Å²) in [6.45, 7) is -0.254. The molecule has 4 aromatic rings. The van der Waals surface area contributed by atoms with Crippen LogP contribution in [0.4, 0.5) is 4.79 Å². The highest BCUT2D eigenvalue weighted by molar-refractivity contribution is 5.87. The largest absolute Gasteiger partial charge is 0.480 e. The second-order valence-electron chi connectivity index (χ2n) is 9.16. The number of hydrogen-bond donors (Lipinski definition) is 4. The first-order valence-corrected chi connectivity index (χ1v) is 12.3. The number of ether oxygens (including phenoxy) is 2. The van der Waals surface area contributed by atoms with Crippen molar-refractivity contribution >= 4 is 23.2 Å². The van der Waals surface area contributed by atoms with Crippen molar-refractivity contribution in [3.8, 4) is 11.3 Å². The zero-order chi connectivity index (χ0) is 27.4. The molecule has 5 rings (SSSR count).